The molecule has 0 saturated heterocycles. The topological polar surface area (TPSA) is 75.1 Å². The molecule has 0 aliphatic carbocycles. The number of hydrogen-bond donors (Lipinski definition) is 2. The molecule has 0 spiro atoms. The standard InChI is InChI=1S/C12H18FN3O2/c1-4-9-10(13)11(16-6-15-9)14-5-8(7(2)3)12(17)18/h6-8H,4-5H2,1-3H3,(H,17,18)(H,14,15,16). The van der Waals surface area contributed by atoms with Crippen LogP contribution in [0.4, 0.5) is 10.2 Å². The van der Waals surface area contributed by atoms with Crippen molar-refractivity contribution in [3.8, 4) is 0 Å². The van der Waals surface area contributed by atoms with E-state index in [1.807, 2.05) is 13.8 Å². The average Bonchev–Trinajstić information content (AvgIpc) is 2.30. The number of aryl methyl sites for hydroxylation is 1. The van der Waals surface area contributed by atoms with Gasteiger partial charge in [0.15, 0.2) is 11.6 Å². The molecule has 1 heterocycles. The highest BCUT2D eigenvalue weighted by Crippen LogP contribution is 2.16. The lowest BCUT2D eigenvalue weighted by atomic mass is 9.96. The molecule has 6 heteroatoms. The number of halogens is 1. The van der Waals surface area contributed by atoms with E-state index in [1.165, 1.54) is 6.33 Å². The zero-order chi connectivity index (χ0) is 13.7. The van der Waals surface area contributed by atoms with Gasteiger partial charge in [0.25, 0.3) is 0 Å². The van der Waals surface area contributed by atoms with E-state index < -0.39 is 17.7 Å². The lowest BCUT2D eigenvalue weighted by Gasteiger charge is -2.17. The average molecular weight is 255 g/mol. The zero-order valence-corrected chi connectivity index (χ0v) is 10.8. The third-order valence-corrected chi connectivity index (χ3v) is 2.81. The molecule has 1 atom stereocenters. The fraction of sp³-hybridized carbons (Fsp3) is 0.583. The molecular weight excluding hydrogens is 237 g/mol. The number of carboxylic acids is 1. The number of nitrogens with one attached hydrogen (secondary N) is 1. The maximum Gasteiger partial charge on any atom is 0.308 e. The highest BCUT2D eigenvalue weighted by atomic mass is 19.1. The molecule has 1 aromatic heterocycles. The van der Waals surface area contributed by atoms with Gasteiger partial charge in [-0.3, -0.25) is 4.79 Å². The second kappa shape index (κ2) is 6.28. The first kappa shape index (κ1) is 14.3. The first-order valence-electron chi connectivity index (χ1n) is 5.93. The van der Waals surface area contributed by atoms with Crippen molar-refractivity contribution in [2.24, 2.45) is 11.8 Å². The lowest BCUT2D eigenvalue weighted by molar-refractivity contribution is -0.142. The summed E-state index contributed by atoms with van der Waals surface area (Å²) in [5.41, 5.74) is 0.323. The molecule has 0 saturated carbocycles. The van der Waals surface area contributed by atoms with Crippen LogP contribution in [0.5, 0.6) is 0 Å². The van der Waals surface area contributed by atoms with Gasteiger partial charge >= 0.3 is 5.97 Å². The van der Waals surface area contributed by atoms with Crippen molar-refractivity contribution in [3.05, 3.63) is 17.8 Å². The zero-order valence-electron chi connectivity index (χ0n) is 10.8. The fourth-order valence-corrected chi connectivity index (χ4v) is 1.59. The molecule has 1 aromatic rings. The third kappa shape index (κ3) is 3.38. The van der Waals surface area contributed by atoms with Crippen LogP contribution in [0, 0.1) is 17.7 Å². The number of aromatic nitrogens is 2. The second-order valence-corrected chi connectivity index (χ2v) is 4.41. The van der Waals surface area contributed by atoms with Crippen LogP contribution in [0.25, 0.3) is 0 Å². The Bertz CT molecular complexity index is 424. The molecule has 0 radical (unpaired) electrons. The summed E-state index contributed by atoms with van der Waals surface area (Å²) in [7, 11) is 0. The Hall–Kier alpha value is -1.72. The molecule has 0 aromatic carbocycles. The van der Waals surface area contributed by atoms with E-state index in [1.54, 1.807) is 6.92 Å². The van der Waals surface area contributed by atoms with Crippen molar-refractivity contribution in [1.82, 2.24) is 9.97 Å². The Morgan fingerprint density at radius 1 is 1.50 bits per heavy atom. The lowest BCUT2D eigenvalue weighted by Crippen LogP contribution is -2.28. The molecule has 2 N–H and O–H groups in total. The van der Waals surface area contributed by atoms with Gasteiger partial charge in [-0.25, -0.2) is 14.4 Å². The van der Waals surface area contributed by atoms with E-state index in [-0.39, 0.29) is 18.3 Å². The number of carboxylic acid groups (broad SMARTS) is 1. The summed E-state index contributed by atoms with van der Waals surface area (Å²) in [4.78, 5) is 18.6. The Morgan fingerprint density at radius 2 is 2.17 bits per heavy atom. The van der Waals surface area contributed by atoms with Crippen LogP contribution in [0.2, 0.25) is 0 Å². The molecule has 0 amide bonds. The van der Waals surface area contributed by atoms with Gasteiger partial charge in [-0.2, -0.15) is 0 Å². The van der Waals surface area contributed by atoms with Gasteiger partial charge in [-0.05, 0) is 12.3 Å². The minimum absolute atomic E-state index is 0.0365. The largest absolute Gasteiger partial charge is 0.481 e. The fourth-order valence-electron chi connectivity index (χ4n) is 1.59. The van der Waals surface area contributed by atoms with Crippen LogP contribution in [0.3, 0.4) is 0 Å². The molecule has 1 unspecified atom stereocenters. The molecule has 100 valence electrons. The van der Waals surface area contributed by atoms with E-state index in [2.05, 4.69) is 15.3 Å². The number of aliphatic carboxylic acids is 1. The molecule has 0 fully saturated rings. The Morgan fingerprint density at radius 3 is 2.67 bits per heavy atom. The van der Waals surface area contributed by atoms with Crippen molar-refractivity contribution in [2.45, 2.75) is 27.2 Å². The van der Waals surface area contributed by atoms with Gasteiger partial charge in [0.1, 0.15) is 6.33 Å². The first-order chi connectivity index (χ1) is 8.47. The van der Waals surface area contributed by atoms with Gasteiger partial charge in [0.05, 0.1) is 11.6 Å². The van der Waals surface area contributed by atoms with Crippen molar-refractivity contribution < 1.29 is 14.3 Å². The molecule has 0 aliphatic rings. The van der Waals surface area contributed by atoms with Crippen molar-refractivity contribution in [2.75, 3.05) is 11.9 Å². The van der Waals surface area contributed by atoms with Crippen LogP contribution in [-0.2, 0) is 11.2 Å². The summed E-state index contributed by atoms with van der Waals surface area (Å²) >= 11 is 0. The maximum absolute atomic E-state index is 13.8. The predicted molar refractivity (Wildman–Crippen MR) is 65.8 cm³/mol. The molecule has 18 heavy (non-hydrogen) atoms. The summed E-state index contributed by atoms with van der Waals surface area (Å²) in [6, 6.07) is 0. The van der Waals surface area contributed by atoms with E-state index in [4.69, 9.17) is 5.11 Å². The maximum atomic E-state index is 13.8. The van der Waals surface area contributed by atoms with Crippen LogP contribution < -0.4 is 5.32 Å². The highest BCUT2D eigenvalue weighted by Gasteiger charge is 2.22. The highest BCUT2D eigenvalue weighted by molar-refractivity contribution is 5.71. The minimum atomic E-state index is -0.900. The van der Waals surface area contributed by atoms with E-state index in [0.29, 0.717) is 12.1 Å². The van der Waals surface area contributed by atoms with Crippen molar-refractivity contribution in [3.63, 3.8) is 0 Å². The van der Waals surface area contributed by atoms with Crippen molar-refractivity contribution >= 4 is 11.8 Å². The molecule has 1 rings (SSSR count). The molecule has 5 nitrogen and oxygen atoms in total. The van der Waals surface area contributed by atoms with Gasteiger partial charge in [-0.15, -0.1) is 0 Å². The van der Waals surface area contributed by atoms with Crippen LogP contribution in [-0.4, -0.2) is 27.6 Å². The normalized spacial score (nSPS) is 12.5. The number of nitrogens with zero attached hydrogens (tertiary/aromatic N) is 2. The number of hydrogen-bond acceptors (Lipinski definition) is 4. The Kier molecular flexibility index (Phi) is 5.00. The van der Waals surface area contributed by atoms with Gasteiger partial charge in [-0.1, -0.05) is 20.8 Å². The molecule has 0 bridgehead atoms. The Balaban J connectivity index is 2.76. The van der Waals surface area contributed by atoms with Gasteiger partial charge < -0.3 is 10.4 Å². The first-order valence-corrected chi connectivity index (χ1v) is 5.93. The quantitative estimate of drug-likeness (QED) is 0.812. The molecular formula is C12H18FN3O2. The summed E-state index contributed by atoms with van der Waals surface area (Å²) in [6.45, 7) is 5.57. The Labute approximate surface area is 105 Å². The smallest absolute Gasteiger partial charge is 0.308 e. The summed E-state index contributed by atoms with van der Waals surface area (Å²) < 4.78 is 13.8. The number of anilines is 1. The van der Waals surface area contributed by atoms with Gasteiger partial charge in [0.2, 0.25) is 0 Å². The number of rotatable bonds is 6. The summed E-state index contributed by atoms with van der Waals surface area (Å²) in [5.74, 6) is -1.96. The van der Waals surface area contributed by atoms with E-state index in [9.17, 15) is 9.18 Å². The summed E-state index contributed by atoms with van der Waals surface area (Å²) in [5, 5.41) is 11.8. The third-order valence-electron chi connectivity index (χ3n) is 2.81. The minimum Gasteiger partial charge on any atom is -0.481 e. The second-order valence-electron chi connectivity index (χ2n) is 4.41. The van der Waals surface area contributed by atoms with Gasteiger partial charge in [0, 0.05) is 6.54 Å². The predicted octanol–water partition coefficient (Wildman–Crippen LogP) is 1.95. The summed E-state index contributed by atoms with van der Waals surface area (Å²) in [6.07, 6.45) is 1.74. The van der Waals surface area contributed by atoms with Crippen LogP contribution in [0.1, 0.15) is 26.5 Å². The molecule has 0 aliphatic heterocycles. The van der Waals surface area contributed by atoms with Crippen LogP contribution >= 0.6 is 0 Å². The monoisotopic (exact) mass is 255 g/mol. The SMILES string of the molecule is CCc1ncnc(NCC(C(=O)O)C(C)C)c1F. The number of carbonyl (C=O) groups is 1. The van der Waals surface area contributed by atoms with E-state index in [0.717, 1.165) is 0 Å². The van der Waals surface area contributed by atoms with Crippen molar-refractivity contribution in [1.29, 1.82) is 0 Å². The van der Waals surface area contributed by atoms with Crippen LogP contribution in [0.15, 0.2) is 6.33 Å². The van der Waals surface area contributed by atoms with E-state index >= 15 is 0 Å².